The zero-order chi connectivity index (χ0) is 14.7. The first-order valence-electron chi connectivity index (χ1n) is 6.71. The number of carboxylic acid groups (broad SMARTS) is 1. The van der Waals surface area contributed by atoms with Crippen molar-refractivity contribution in [2.24, 2.45) is 0 Å². The number of rotatable bonds is 4. The minimum absolute atomic E-state index is 0.148. The number of carboxylic acids is 1. The molecule has 0 aromatic heterocycles. The highest BCUT2D eigenvalue weighted by atomic mass is 16.5. The van der Waals surface area contributed by atoms with Gasteiger partial charge in [0.25, 0.3) is 5.91 Å². The molecular formula is C15H19NO4. The molecule has 2 unspecified atom stereocenters. The number of hydrogen-bond donors (Lipinski definition) is 2. The van der Waals surface area contributed by atoms with Crippen LogP contribution in [-0.2, 0) is 9.53 Å². The maximum atomic E-state index is 12.1. The summed E-state index contributed by atoms with van der Waals surface area (Å²) in [7, 11) is 0. The zero-order valence-electron chi connectivity index (χ0n) is 11.7. The summed E-state index contributed by atoms with van der Waals surface area (Å²) in [6.45, 7) is 4.22. The Bertz CT molecular complexity index is 527. The standard InChI is InChI=1S/C15H19NO4/c1-9-3-5-12(10(2)7-9)14(17)16-8-11-4-6-13(20-11)15(18)19/h3,5,7,11,13H,4,6,8H2,1-2H3,(H,16,17)(H,18,19). The van der Waals surface area contributed by atoms with Crippen LogP contribution in [0.4, 0.5) is 0 Å². The van der Waals surface area contributed by atoms with E-state index in [2.05, 4.69) is 5.32 Å². The highest BCUT2D eigenvalue weighted by molar-refractivity contribution is 5.95. The Balaban J connectivity index is 1.88. The lowest BCUT2D eigenvalue weighted by Crippen LogP contribution is -2.33. The quantitative estimate of drug-likeness (QED) is 0.877. The van der Waals surface area contributed by atoms with Gasteiger partial charge in [0.1, 0.15) is 0 Å². The number of nitrogens with one attached hydrogen (secondary N) is 1. The van der Waals surface area contributed by atoms with Gasteiger partial charge in [-0.25, -0.2) is 4.79 Å². The first-order valence-corrected chi connectivity index (χ1v) is 6.71. The van der Waals surface area contributed by atoms with Gasteiger partial charge in [0.05, 0.1) is 6.10 Å². The highest BCUT2D eigenvalue weighted by Crippen LogP contribution is 2.19. The summed E-state index contributed by atoms with van der Waals surface area (Å²) in [5, 5.41) is 11.6. The third-order valence-electron chi connectivity index (χ3n) is 3.50. The van der Waals surface area contributed by atoms with Crippen LogP contribution >= 0.6 is 0 Å². The molecule has 20 heavy (non-hydrogen) atoms. The maximum Gasteiger partial charge on any atom is 0.332 e. The van der Waals surface area contributed by atoms with Gasteiger partial charge in [0.2, 0.25) is 0 Å². The summed E-state index contributed by atoms with van der Waals surface area (Å²) in [4.78, 5) is 22.8. The van der Waals surface area contributed by atoms with Crippen molar-refractivity contribution in [2.75, 3.05) is 6.54 Å². The van der Waals surface area contributed by atoms with Crippen molar-refractivity contribution in [1.29, 1.82) is 0 Å². The first kappa shape index (κ1) is 14.5. The van der Waals surface area contributed by atoms with Crippen molar-refractivity contribution in [3.05, 3.63) is 34.9 Å². The summed E-state index contributed by atoms with van der Waals surface area (Å²) in [6, 6.07) is 5.66. The number of carbonyl (C=O) groups is 2. The second-order valence-electron chi connectivity index (χ2n) is 5.19. The Morgan fingerprint density at radius 3 is 2.70 bits per heavy atom. The Morgan fingerprint density at radius 1 is 1.35 bits per heavy atom. The van der Waals surface area contributed by atoms with E-state index in [1.54, 1.807) is 6.07 Å². The van der Waals surface area contributed by atoms with Gasteiger partial charge in [-0.05, 0) is 38.3 Å². The third-order valence-corrected chi connectivity index (χ3v) is 3.50. The molecule has 1 aliphatic rings. The van der Waals surface area contributed by atoms with Gasteiger partial charge in [-0.1, -0.05) is 17.7 Å². The van der Waals surface area contributed by atoms with Crippen LogP contribution in [0.2, 0.25) is 0 Å². The predicted octanol–water partition coefficient (Wildman–Crippen LogP) is 1.67. The molecule has 1 saturated heterocycles. The van der Waals surface area contributed by atoms with Crippen LogP contribution < -0.4 is 5.32 Å². The van der Waals surface area contributed by atoms with Gasteiger partial charge < -0.3 is 15.2 Å². The van der Waals surface area contributed by atoms with Crippen LogP contribution in [0, 0.1) is 13.8 Å². The number of carbonyl (C=O) groups excluding carboxylic acids is 1. The van der Waals surface area contributed by atoms with E-state index >= 15 is 0 Å². The SMILES string of the molecule is Cc1ccc(C(=O)NCC2CCC(C(=O)O)O2)c(C)c1. The fraction of sp³-hybridized carbons (Fsp3) is 0.467. The van der Waals surface area contributed by atoms with Crippen LogP contribution in [0.5, 0.6) is 0 Å². The summed E-state index contributed by atoms with van der Waals surface area (Å²) in [6.07, 6.45) is 0.202. The van der Waals surface area contributed by atoms with Crippen LogP contribution in [-0.4, -0.2) is 35.7 Å². The molecule has 2 N–H and O–H groups in total. The Kier molecular flexibility index (Phi) is 4.39. The van der Waals surface area contributed by atoms with E-state index in [1.165, 1.54) is 0 Å². The molecule has 2 atom stereocenters. The molecule has 1 amide bonds. The van der Waals surface area contributed by atoms with Crippen molar-refractivity contribution in [2.45, 2.75) is 38.9 Å². The molecular weight excluding hydrogens is 258 g/mol. The van der Waals surface area contributed by atoms with Crippen LogP contribution in [0.1, 0.15) is 34.3 Å². The molecule has 0 saturated carbocycles. The van der Waals surface area contributed by atoms with E-state index in [-0.39, 0.29) is 12.0 Å². The van der Waals surface area contributed by atoms with Crippen LogP contribution in [0.3, 0.4) is 0 Å². The van der Waals surface area contributed by atoms with E-state index in [4.69, 9.17) is 9.84 Å². The molecule has 5 nitrogen and oxygen atoms in total. The smallest absolute Gasteiger partial charge is 0.332 e. The summed E-state index contributed by atoms with van der Waals surface area (Å²) in [5.41, 5.74) is 2.68. The predicted molar refractivity (Wildman–Crippen MR) is 73.8 cm³/mol. The van der Waals surface area contributed by atoms with Crippen molar-refractivity contribution < 1.29 is 19.4 Å². The van der Waals surface area contributed by atoms with E-state index in [9.17, 15) is 9.59 Å². The number of ether oxygens (including phenoxy) is 1. The second-order valence-corrected chi connectivity index (χ2v) is 5.19. The molecule has 1 heterocycles. The highest BCUT2D eigenvalue weighted by Gasteiger charge is 2.30. The molecule has 0 radical (unpaired) electrons. The normalized spacial score (nSPS) is 21.7. The number of aryl methyl sites for hydroxylation is 2. The van der Waals surface area contributed by atoms with Gasteiger partial charge in [-0.3, -0.25) is 4.79 Å². The number of aliphatic carboxylic acids is 1. The average Bonchev–Trinajstić information content (AvgIpc) is 2.85. The second kappa shape index (κ2) is 6.05. The molecule has 1 fully saturated rings. The Hall–Kier alpha value is -1.88. The molecule has 2 rings (SSSR count). The monoisotopic (exact) mass is 277 g/mol. The van der Waals surface area contributed by atoms with Gasteiger partial charge in [-0.15, -0.1) is 0 Å². The molecule has 0 aliphatic carbocycles. The topological polar surface area (TPSA) is 75.6 Å². The summed E-state index contributed by atoms with van der Waals surface area (Å²) >= 11 is 0. The van der Waals surface area contributed by atoms with Crippen molar-refractivity contribution in [1.82, 2.24) is 5.32 Å². The fourth-order valence-corrected chi connectivity index (χ4v) is 2.41. The molecule has 108 valence electrons. The minimum atomic E-state index is -0.937. The maximum absolute atomic E-state index is 12.1. The van der Waals surface area contributed by atoms with Gasteiger partial charge in [0.15, 0.2) is 6.10 Å². The average molecular weight is 277 g/mol. The van der Waals surface area contributed by atoms with E-state index in [0.29, 0.717) is 24.9 Å². The minimum Gasteiger partial charge on any atom is -0.479 e. The Labute approximate surface area is 117 Å². The molecule has 1 aromatic rings. The fourth-order valence-electron chi connectivity index (χ4n) is 2.41. The van der Waals surface area contributed by atoms with Gasteiger partial charge in [-0.2, -0.15) is 0 Å². The Morgan fingerprint density at radius 2 is 2.10 bits per heavy atom. The summed E-state index contributed by atoms with van der Waals surface area (Å²) < 4.78 is 5.34. The molecule has 5 heteroatoms. The van der Waals surface area contributed by atoms with Crippen LogP contribution in [0.25, 0.3) is 0 Å². The van der Waals surface area contributed by atoms with Gasteiger partial charge in [0, 0.05) is 12.1 Å². The van der Waals surface area contributed by atoms with Crippen molar-refractivity contribution in [3.8, 4) is 0 Å². The largest absolute Gasteiger partial charge is 0.479 e. The lowest BCUT2D eigenvalue weighted by molar-refractivity contribution is -0.149. The van der Waals surface area contributed by atoms with Gasteiger partial charge >= 0.3 is 5.97 Å². The summed E-state index contributed by atoms with van der Waals surface area (Å²) in [5.74, 6) is -1.09. The van der Waals surface area contributed by atoms with E-state index in [0.717, 1.165) is 11.1 Å². The van der Waals surface area contributed by atoms with E-state index < -0.39 is 12.1 Å². The molecule has 0 bridgehead atoms. The van der Waals surface area contributed by atoms with Crippen LogP contribution in [0.15, 0.2) is 18.2 Å². The molecule has 1 aromatic carbocycles. The molecule has 1 aliphatic heterocycles. The third kappa shape index (κ3) is 3.36. The zero-order valence-corrected chi connectivity index (χ0v) is 11.7. The lowest BCUT2D eigenvalue weighted by atomic mass is 10.1. The number of benzene rings is 1. The molecule has 0 spiro atoms. The number of amides is 1. The lowest BCUT2D eigenvalue weighted by Gasteiger charge is -2.13. The van der Waals surface area contributed by atoms with E-state index in [1.807, 2.05) is 26.0 Å². The first-order chi connectivity index (χ1) is 9.47. The number of hydrogen-bond acceptors (Lipinski definition) is 3. The van der Waals surface area contributed by atoms with Crippen molar-refractivity contribution >= 4 is 11.9 Å². The van der Waals surface area contributed by atoms with Crippen molar-refractivity contribution in [3.63, 3.8) is 0 Å².